The quantitative estimate of drug-likeness (QED) is 0.374. The summed E-state index contributed by atoms with van der Waals surface area (Å²) in [5.74, 6) is 0.315. The van der Waals surface area contributed by atoms with Gasteiger partial charge in [-0.05, 0) is 50.4 Å². The first kappa shape index (κ1) is 30.5. The van der Waals surface area contributed by atoms with E-state index < -0.39 is 11.9 Å². The number of nitrogens with zero attached hydrogens (tertiary/aromatic N) is 3. The van der Waals surface area contributed by atoms with E-state index in [2.05, 4.69) is 18.7 Å². The van der Waals surface area contributed by atoms with Gasteiger partial charge >= 0.3 is 5.97 Å². The lowest BCUT2D eigenvalue weighted by atomic mass is 9.84. The van der Waals surface area contributed by atoms with E-state index in [1.165, 1.54) is 0 Å². The highest BCUT2D eigenvalue weighted by Gasteiger charge is 2.45. The molecule has 2 amide bonds. The first-order chi connectivity index (χ1) is 18.8. The van der Waals surface area contributed by atoms with Crippen LogP contribution >= 0.6 is 0 Å². The largest absolute Gasteiger partial charge is 0.493 e. The van der Waals surface area contributed by atoms with Crippen molar-refractivity contribution in [3.8, 4) is 17.2 Å². The van der Waals surface area contributed by atoms with E-state index in [4.69, 9.17) is 14.2 Å². The number of carboxylic acids is 1. The fraction of sp³-hybridized carbons (Fsp3) is 0.690. The zero-order valence-electron chi connectivity index (χ0n) is 23.9. The van der Waals surface area contributed by atoms with E-state index in [-0.39, 0.29) is 24.7 Å². The molecular formula is C29H45N3O7. The summed E-state index contributed by atoms with van der Waals surface area (Å²) in [6.45, 7) is 8.28. The van der Waals surface area contributed by atoms with Crippen molar-refractivity contribution >= 4 is 18.3 Å². The molecule has 4 rings (SSSR count). The van der Waals surface area contributed by atoms with Gasteiger partial charge < -0.3 is 34.0 Å². The Morgan fingerprint density at radius 2 is 1.92 bits per heavy atom. The molecule has 2 fully saturated rings. The molecule has 2 saturated heterocycles. The number of methoxy groups -OCH3 is 1. The summed E-state index contributed by atoms with van der Waals surface area (Å²) in [6.07, 6.45) is 7.68. The Balaban J connectivity index is 0.000000325. The van der Waals surface area contributed by atoms with E-state index in [1.54, 1.807) is 7.11 Å². The number of amides is 2. The van der Waals surface area contributed by atoms with Gasteiger partial charge in [0.15, 0.2) is 11.5 Å². The third kappa shape index (κ3) is 7.77. The standard InChI is InChI=1S/C20H26N2O6.C9H19NO/c1-21-10-13(12-8-15(26-2)19-16(9-12)27-11-28-19)18(20(24)25)14(21)5-7-22-6-3-4-17(22)23;1-3-5-7-10(9-11)8-6-4-2/h8-9,13-14,18H,3-7,10-11H2,1-2H3,(H,24,25);9H,3-8H2,1-2H3. The summed E-state index contributed by atoms with van der Waals surface area (Å²) in [6, 6.07) is 3.59. The summed E-state index contributed by atoms with van der Waals surface area (Å²) in [5.41, 5.74) is 0.875. The molecule has 3 atom stereocenters. The Bertz CT molecular complexity index is 964. The van der Waals surface area contributed by atoms with Crippen LogP contribution in [0.1, 0.15) is 70.3 Å². The monoisotopic (exact) mass is 547 g/mol. The number of carbonyl (C=O) groups is 3. The van der Waals surface area contributed by atoms with Crippen LogP contribution in [0.15, 0.2) is 12.1 Å². The molecule has 0 spiro atoms. The predicted molar refractivity (Wildman–Crippen MR) is 147 cm³/mol. The normalized spacial score (nSPS) is 22.0. The Morgan fingerprint density at radius 1 is 1.21 bits per heavy atom. The third-order valence-corrected chi connectivity index (χ3v) is 7.91. The van der Waals surface area contributed by atoms with Crippen LogP contribution in [0, 0.1) is 5.92 Å². The number of ether oxygens (including phenoxy) is 3. The van der Waals surface area contributed by atoms with Gasteiger partial charge in [-0.25, -0.2) is 0 Å². The molecule has 0 radical (unpaired) electrons. The highest BCUT2D eigenvalue weighted by molar-refractivity contribution is 5.78. The summed E-state index contributed by atoms with van der Waals surface area (Å²) in [4.78, 5) is 40.4. The van der Waals surface area contributed by atoms with E-state index >= 15 is 0 Å². The molecule has 10 heteroatoms. The fourth-order valence-electron chi connectivity index (χ4n) is 5.68. The number of aliphatic carboxylic acids is 1. The molecule has 218 valence electrons. The van der Waals surface area contributed by atoms with Crippen LogP contribution in [-0.2, 0) is 14.4 Å². The first-order valence-electron chi connectivity index (χ1n) is 14.2. The number of unbranched alkanes of at least 4 members (excludes halogenated alkanes) is 2. The Hall–Kier alpha value is -3.01. The third-order valence-electron chi connectivity index (χ3n) is 7.91. The van der Waals surface area contributed by atoms with Crippen LogP contribution in [0.3, 0.4) is 0 Å². The van der Waals surface area contributed by atoms with Gasteiger partial charge in [0.05, 0.1) is 13.0 Å². The topological polar surface area (TPSA) is 109 Å². The van der Waals surface area contributed by atoms with E-state index in [0.717, 1.165) is 63.7 Å². The lowest BCUT2D eigenvalue weighted by molar-refractivity contribution is -0.143. The van der Waals surface area contributed by atoms with Crippen LogP contribution in [0.2, 0.25) is 0 Å². The van der Waals surface area contributed by atoms with Gasteiger partial charge in [-0.15, -0.1) is 0 Å². The summed E-state index contributed by atoms with van der Waals surface area (Å²) < 4.78 is 16.4. The Kier molecular flexibility index (Phi) is 11.7. The maximum Gasteiger partial charge on any atom is 0.308 e. The SMILES string of the molecule is CCCCN(C=O)CCCC.COc1cc(C2CN(C)C(CCN3CCCC3=O)C2C(=O)O)cc2c1OCO2. The number of carboxylic acid groups (broad SMARTS) is 1. The highest BCUT2D eigenvalue weighted by Crippen LogP contribution is 2.46. The molecule has 0 saturated carbocycles. The minimum atomic E-state index is -0.816. The Morgan fingerprint density at radius 3 is 2.49 bits per heavy atom. The van der Waals surface area contributed by atoms with Gasteiger partial charge in [0.25, 0.3) is 0 Å². The van der Waals surface area contributed by atoms with Crippen molar-refractivity contribution in [1.29, 1.82) is 0 Å². The minimum absolute atomic E-state index is 0.132. The lowest BCUT2D eigenvalue weighted by Crippen LogP contribution is -2.38. The molecule has 3 unspecified atom stereocenters. The Labute approximate surface area is 232 Å². The van der Waals surface area contributed by atoms with Crippen LogP contribution in [0.5, 0.6) is 17.2 Å². The van der Waals surface area contributed by atoms with Gasteiger partial charge in [0.2, 0.25) is 24.9 Å². The van der Waals surface area contributed by atoms with Crippen molar-refractivity contribution < 1.29 is 33.7 Å². The molecule has 39 heavy (non-hydrogen) atoms. The summed E-state index contributed by atoms with van der Waals surface area (Å²) in [5, 5.41) is 10.0. The molecule has 1 aromatic rings. The smallest absolute Gasteiger partial charge is 0.308 e. The van der Waals surface area contributed by atoms with Crippen molar-refractivity contribution in [2.75, 3.05) is 53.7 Å². The summed E-state index contributed by atoms with van der Waals surface area (Å²) in [7, 11) is 3.52. The molecule has 3 aliphatic heterocycles. The first-order valence-corrected chi connectivity index (χ1v) is 14.2. The van der Waals surface area contributed by atoms with Crippen molar-refractivity contribution in [3.05, 3.63) is 17.7 Å². The van der Waals surface area contributed by atoms with Gasteiger partial charge in [0.1, 0.15) is 0 Å². The van der Waals surface area contributed by atoms with E-state index in [0.29, 0.717) is 43.2 Å². The van der Waals surface area contributed by atoms with Crippen molar-refractivity contribution in [2.45, 2.75) is 70.8 Å². The average Bonchev–Trinajstić information content (AvgIpc) is 3.65. The molecule has 1 aromatic carbocycles. The minimum Gasteiger partial charge on any atom is -0.493 e. The van der Waals surface area contributed by atoms with Crippen molar-refractivity contribution in [3.63, 3.8) is 0 Å². The number of carbonyl (C=O) groups excluding carboxylic acids is 2. The van der Waals surface area contributed by atoms with Crippen molar-refractivity contribution in [2.24, 2.45) is 5.92 Å². The van der Waals surface area contributed by atoms with E-state index in [9.17, 15) is 19.5 Å². The average molecular weight is 548 g/mol. The molecule has 1 N–H and O–H groups in total. The number of fused-ring (bicyclic) bond motifs is 1. The molecule has 3 aliphatic rings. The maximum atomic E-state index is 12.2. The van der Waals surface area contributed by atoms with Crippen LogP contribution in [0.25, 0.3) is 0 Å². The lowest BCUT2D eigenvalue weighted by Gasteiger charge is -2.26. The molecule has 0 aliphatic carbocycles. The van der Waals surface area contributed by atoms with Crippen LogP contribution in [-0.4, -0.2) is 97.8 Å². The molecular weight excluding hydrogens is 502 g/mol. The van der Waals surface area contributed by atoms with E-state index in [1.807, 2.05) is 29.0 Å². The maximum absolute atomic E-state index is 12.2. The number of likely N-dealkylation sites (tertiary alicyclic amines) is 2. The second kappa shape index (κ2) is 15.0. The number of rotatable bonds is 13. The number of benzene rings is 1. The second-order valence-electron chi connectivity index (χ2n) is 10.6. The van der Waals surface area contributed by atoms with Gasteiger partial charge in [-0.2, -0.15) is 0 Å². The zero-order chi connectivity index (χ0) is 28.4. The summed E-state index contributed by atoms with van der Waals surface area (Å²) >= 11 is 0. The highest BCUT2D eigenvalue weighted by atomic mass is 16.7. The van der Waals surface area contributed by atoms with Gasteiger partial charge in [0, 0.05) is 51.1 Å². The number of likely N-dealkylation sites (N-methyl/N-ethyl adjacent to an activating group) is 1. The van der Waals surface area contributed by atoms with Crippen LogP contribution < -0.4 is 14.2 Å². The van der Waals surface area contributed by atoms with Gasteiger partial charge in [-0.3, -0.25) is 14.4 Å². The second-order valence-corrected chi connectivity index (χ2v) is 10.6. The number of hydrogen-bond donors (Lipinski definition) is 1. The molecule has 0 bridgehead atoms. The molecule has 3 heterocycles. The molecule has 10 nitrogen and oxygen atoms in total. The van der Waals surface area contributed by atoms with Gasteiger partial charge in [-0.1, -0.05) is 26.7 Å². The van der Waals surface area contributed by atoms with Crippen LogP contribution in [0.4, 0.5) is 0 Å². The number of hydrogen-bond acceptors (Lipinski definition) is 7. The fourth-order valence-corrected chi connectivity index (χ4v) is 5.68. The zero-order valence-corrected chi connectivity index (χ0v) is 23.9. The molecule has 0 aromatic heterocycles. The van der Waals surface area contributed by atoms with Crippen molar-refractivity contribution in [1.82, 2.24) is 14.7 Å². The predicted octanol–water partition coefficient (Wildman–Crippen LogP) is 3.58.